The van der Waals surface area contributed by atoms with Gasteiger partial charge in [0.25, 0.3) is 0 Å². The van der Waals surface area contributed by atoms with Crippen LogP contribution in [0.2, 0.25) is 0 Å². The second-order valence-electron chi connectivity index (χ2n) is 8.37. The molecule has 4 rings (SSSR count). The molecule has 1 N–H and O–H groups in total. The molecule has 1 amide bonds. The van der Waals surface area contributed by atoms with Gasteiger partial charge in [0.05, 0.1) is 24.2 Å². The Balaban J connectivity index is 1.49. The Morgan fingerprint density at radius 1 is 1.12 bits per heavy atom. The maximum absolute atomic E-state index is 13.2. The zero-order valence-corrected chi connectivity index (χ0v) is 20.1. The minimum absolute atomic E-state index is 0.170. The lowest BCUT2D eigenvalue weighted by molar-refractivity contribution is -0.117. The number of benzene rings is 1. The van der Waals surface area contributed by atoms with Gasteiger partial charge in [-0.2, -0.15) is 4.31 Å². The SMILES string of the molecule is COc1ccc(S(=O)(=O)N2CCCCCC2)cc1NC(=O)CN1CCC[C@@H]1c1cccs1. The van der Waals surface area contributed by atoms with Crippen molar-refractivity contribution >= 4 is 33.0 Å². The molecule has 1 aromatic carbocycles. The fourth-order valence-electron chi connectivity index (χ4n) is 4.57. The first kappa shape index (κ1) is 23.2. The van der Waals surface area contributed by atoms with Crippen molar-refractivity contribution in [1.82, 2.24) is 9.21 Å². The molecule has 1 atom stereocenters. The summed E-state index contributed by atoms with van der Waals surface area (Å²) in [7, 11) is -2.10. The van der Waals surface area contributed by atoms with Crippen LogP contribution in [-0.2, 0) is 14.8 Å². The topological polar surface area (TPSA) is 79.0 Å². The van der Waals surface area contributed by atoms with Crippen LogP contribution in [0.25, 0.3) is 0 Å². The number of nitrogens with one attached hydrogen (secondary N) is 1. The highest BCUT2D eigenvalue weighted by Gasteiger charge is 2.29. The Hall–Kier alpha value is -1.94. The van der Waals surface area contributed by atoms with Crippen molar-refractivity contribution < 1.29 is 17.9 Å². The molecule has 0 aliphatic carbocycles. The van der Waals surface area contributed by atoms with E-state index < -0.39 is 10.0 Å². The molecule has 2 saturated heterocycles. The predicted octanol–water partition coefficient (Wildman–Crippen LogP) is 4.10. The van der Waals surface area contributed by atoms with Gasteiger partial charge in [0.1, 0.15) is 5.75 Å². The van der Waals surface area contributed by atoms with Crippen molar-refractivity contribution in [2.45, 2.75) is 49.5 Å². The molecule has 0 unspecified atom stereocenters. The standard InChI is InChI=1S/C23H31N3O4S2/c1-30-21-11-10-18(32(28,29)26-13-4-2-3-5-14-26)16-19(21)24-23(27)17-25-12-6-8-20(25)22-9-7-15-31-22/h7,9-11,15-16,20H,2-6,8,12-14,17H2,1H3,(H,24,27)/t20-/m1/s1. The second kappa shape index (κ2) is 10.3. The summed E-state index contributed by atoms with van der Waals surface area (Å²) < 4.78 is 33.3. The predicted molar refractivity (Wildman–Crippen MR) is 127 cm³/mol. The van der Waals surface area contributed by atoms with Crippen molar-refractivity contribution in [1.29, 1.82) is 0 Å². The van der Waals surface area contributed by atoms with E-state index in [4.69, 9.17) is 4.74 Å². The molecular weight excluding hydrogens is 446 g/mol. The number of nitrogens with zero attached hydrogens (tertiary/aromatic N) is 2. The maximum Gasteiger partial charge on any atom is 0.243 e. The lowest BCUT2D eigenvalue weighted by Gasteiger charge is -2.23. The van der Waals surface area contributed by atoms with Gasteiger partial charge in [0.15, 0.2) is 0 Å². The Bertz CT molecular complexity index is 1020. The van der Waals surface area contributed by atoms with E-state index >= 15 is 0 Å². The average Bonchev–Trinajstić information content (AvgIpc) is 3.39. The smallest absolute Gasteiger partial charge is 0.243 e. The lowest BCUT2D eigenvalue weighted by atomic mass is 10.2. The van der Waals surface area contributed by atoms with E-state index in [1.807, 2.05) is 6.07 Å². The minimum Gasteiger partial charge on any atom is -0.495 e. The van der Waals surface area contributed by atoms with Gasteiger partial charge in [-0.3, -0.25) is 9.69 Å². The normalized spacial score (nSPS) is 20.7. The first-order chi connectivity index (χ1) is 15.5. The van der Waals surface area contributed by atoms with Crippen LogP contribution in [0.15, 0.2) is 40.6 Å². The van der Waals surface area contributed by atoms with Crippen LogP contribution in [0.1, 0.15) is 49.4 Å². The van der Waals surface area contributed by atoms with Gasteiger partial charge in [-0.05, 0) is 61.9 Å². The van der Waals surface area contributed by atoms with Gasteiger partial charge in [0.2, 0.25) is 15.9 Å². The van der Waals surface area contributed by atoms with Crippen LogP contribution in [0.4, 0.5) is 5.69 Å². The number of carbonyl (C=O) groups excluding carboxylic acids is 1. The van der Waals surface area contributed by atoms with Crippen LogP contribution in [-0.4, -0.2) is 56.8 Å². The fourth-order valence-corrected chi connectivity index (χ4v) is 7.01. The summed E-state index contributed by atoms with van der Waals surface area (Å²) >= 11 is 1.72. The van der Waals surface area contributed by atoms with Gasteiger partial charge in [-0.1, -0.05) is 18.9 Å². The number of rotatable bonds is 7. The first-order valence-corrected chi connectivity index (χ1v) is 13.6. The van der Waals surface area contributed by atoms with Crippen molar-refractivity contribution in [3.63, 3.8) is 0 Å². The molecule has 0 spiro atoms. The molecule has 9 heteroatoms. The van der Waals surface area contributed by atoms with Crippen molar-refractivity contribution in [2.24, 2.45) is 0 Å². The molecule has 3 heterocycles. The third-order valence-electron chi connectivity index (χ3n) is 6.23. The molecule has 1 aromatic heterocycles. The summed E-state index contributed by atoms with van der Waals surface area (Å²) in [5.41, 5.74) is 0.389. The molecule has 32 heavy (non-hydrogen) atoms. The van der Waals surface area contributed by atoms with Crippen LogP contribution < -0.4 is 10.1 Å². The summed E-state index contributed by atoms with van der Waals surface area (Å²) in [6, 6.07) is 9.12. The van der Waals surface area contributed by atoms with E-state index in [1.54, 1.807) is 27.8 Å². The number of hydrogen-bond acceptors (Lipinski definition) is 6. The zero-order chi connectivity index (χ0) is 22.6. The number of anilines is 1. The number of carbonyl (C=O) groups is 1. The van der Waals surface area contributed by atoms with E-state index in [2.05, 4.69) is 21.7 Å². The van der Waals surface area contributed by atoms with Crippen molar-refractivity contribution in [3.8, 4) is 5.75 Å². The fraction of sp³-hybridized carbons (Fsp3) is 0.522. The Morgan fingerprint density at radius 2 is 1.91 bits per heavy atom. The molecule has 2 aromatic rings. The summed E-state index contributed by atoms with van der Waals surface area (Å²) in [4.78, 5) is 16.5. The Kier molecular flexibility index (Phi) is 7.50. The van der Waals surface area contributed by atoms with Crippen molar-refractivity contribution in [2.75, 3.05) is 38.6 Å². The van der Waals surface area contributed by atoms with Gasteiger partial charge in [-0.15, -0.1) is 11.3 Å². The van der Waals surface area contributed by atoms with E-state index in [1.165, 1.54) is 18.1 Å². The van der Waals surface area contributed by atoms with Crippen LogP contribution in [0, 0.1) is 0 Å². The summed E-state index contributed by atoms with van der Waals surface area (Å²) in [6.45, 7) is 2.20. The first-order valence-electron chi connectivity index (χ1n) is 11.2. The maximum atomic E-state index is 13.2. The molecule has 2 aliphatic rings. The third-order valence-corrected chi connectivity index (χ3v) is 9.10. The average molecular weight is 478 g/mol. The Labute approximate surface area is 194 Å². The lowest BCUT2D eigenvalue weighted by Crippen LogP contribution is -2.33. The molecule has 0 bridgehead atoms. The van der Waals surface area contributed by atoms with Gasteiger partial charge in [-0.25, -0.2) is 8.42 Å². The highest BCUT2D eigenvalue weighted by molar-refractivity contribution is 7.89. The molecular formula is C23H31N3O4S2. The van der Waals surface area contributed by atoms with Crippen LogP contribution in [0.5, 0.6) is 5.75 Å². The van der Waals surface area contributed by atoms with E-state index in [-0.39, 0.29) is 23.4 Å². The second-order valence-corrected chi connectivity index (χ2v) is 11.3. The third kappa shape index (κ3) is 5.17. The van der Waals surface area contributed by atoms with Crippen molar-refractivity contribution in [3.05, 3.63) is 40.6 Å². The molecule has 174 valence electrons. The molecule has 2 fully saturated rings. The minimum atomic E-state index is -3.61. The molecule has 0 radical (unpaired) electrons. The summed E-state index contributed by atoms with van der Waals surface area (Å²) in [5.74, 6) is 0.278. The molecule has 0 saturated carbocycles. The number of likely N-dealkylation sites (tertiary alicyclic amines) is 1. The number of amides is 1. The zero-order valence-electron chi connectivity index (χ0n) is 18.5. The highest BCUT2D eigenvalue weighted by atomic mass is 32.2. The highest BCUT2D eigenvalue weighted by Crippen LogP contribution is 2.34. The van der Waals surface area contributed by atoms with E-state index in [0.717, 1.165) is 45.1 Å². The quantitative estimate of drug-likeness (QED) is 0.650. The summed E-state index contributed by atoms with van der Waals surface area (Å²) in [6.07, 6.45) is 5.96. The van der Waals surface area contributed by atoms with Gasteiger partial charge in [0, 0.05) is 24.0 Å². The largest absolute Gasteiger partial charge is 0.495 e. The molecule has 2 aliphatic heterocycles. The number of thiophene rings is 1. The number of methoxy groups -OCH3 is 1. The van der Waals surface area contributed by atoms with Gasteiger partial charge >= 0.3 is 0 Å². The van der Waals surface area contributed by atoms with Crippen LogP contribution in [0.3, 0.4) is 0 Å². The Morgan fingerprint density at radius 3 is 2.59 bits per heavy atom. The van der Waals surface area contributed by atoms with E-state index in [0.29, 0.717) is 24.5 Å². The van der Waals surface area contributed by atoms with E-state index in [9.17, 15) is 13.2 Å². The molecule has 7 nitrogen and oxygen atoms in total. The number of ether oxygens (including phenoxy) is 1. The number of hydrogen-bond donors (Lipinski definition) is 1. The van der Waals surface area contributed by atoms with Gasteiger partial charge < -0.3 is 10.1 Å². The summed E-state index contributed by atoms with van der Waals surface area (Å²) in [5, 5.41) is 4.96. The number of sulfonamides is 1. The monoisotopic (exact) mass is 477 g/mol. The van der Waals surface area contributed by atoms with Crippen LogP contribution >= 0.6 is 11.3 Å².